The first-order valence-electron chi connectivity index (χ1n) is 9.35. The lowest BCUT2D eigenvalue weighted by Gasteiger charge is -2.43. The minimum atomic E-state index is -0.0550. The second-order valence-corrected chi connectivity index (χ2v) is 9.19. The number of hydrogen-bond donors (Lipinski definition) is 1. The fourth-order valence-corrected chi connectivity index (χ4v) is 6.04. The van der Waals surface area contributed by atoms with Crippen LogP contribution in [0.1, 0.15) is 11.4 Å². The van der Waals surface area contributed by atoms with Crippen molar-refractivity contribution in [2.75, 3.05) is 51.0 Å². The van der Waals surface area contributed by atoms with Crippen molar-refractivity contribution in [1.82, 2.24) is 15.2 Å². The molecule has 2 aromatic rings. The van der Waals surface area contributed by atoms with E-state index in [1.54, 1.807) is 11.3 Å². The van der Waals surface area contributed by atoms with E-state index < -0.39 is 0 Å². The van der Waals surface area contributed by atoms with Crippen molar-refractivity contribution in [1.29, 1.82) is 0 Å². The maximum absolute atomic E-state index is 12.3. The van der Waals surface area contributed by atoms with Gasteiger partial charge in [0.15, 0.2) is 0 Å². The highest BCUT2D eigenvalue weighted by Gasteiger charge is 2.40. The zero-order valence-corrected chi connectivity index (χ0v) is 16.9. The van der Waals surface area contributed by atoms with E-state index in [0.717, 1.165) is 59.5 Å². The van der Waals surface area contributed by atoms with E-state index in [1.807, 2.05) is 36.0 Å². The number of benzene rings is 1. The number of morpholine rings is 1. The van der Waals surface area contributed by atoms with E-state index in [1.165, 1.54) is 0 Å². The molecule has 146 valence electrons. The third-order valence-electron chi connectivity index (χ3n) is 5.18. The molecular formula is C19H25N3O3S2. The van der Waals surface area contributed by atoms with Crippen molar-refractivity contribution in [3.05, 3.63) is 29.3 Å². The lowest BCUT2D eigenvalue weighted by atomic mass is 9.95. The van der Waals surface area contributed by atoms with Crippen molar-refractivity contribution in [2.45, 2.75) is 18.6 Å². The molecule has 1 amide bonds. The van der Waals surface area contributed by atoms with Crippen LogP contribution >= 0.6 is 23.1 Å². The topological polar surface area (TPSA) is 63.7 Å². The molecule has 27 heavy (non-hydrogen) atoms. The molecule has 6 nitrogen and oxygen atoms in total. The Balaban J connectivity index is 1.25. The Labute approximate surface area is 167 Å². The summed E-state index contributed by atoms with van der Waals surface area (Å²) in [5.41, 5.74) is 1.05. The molecule has 1 aromatic heterocycles. The molecule has 0 saturated carbocycles. The average Bonchev–Trinajstić information content (AvgIpc) is 3.34. The zero-order valence-electron chi connectivity index (χ0n) is 15.3. The monoisotopic (exact) mass is 407 g/mol. The van der Waals surface area contributed by atoms with Gasteiger partial charge in [0, 0.05) is 30.9 Å². The molecular weight excluding hydrogens is 382 g/mol. The number of rotatable bonds is 7. The van der Waals surface area contributed by atoms with E-state index in [2.05, 4.69) is 15.2 Å². The molecule has 3 heterocycles. The van der Waals surface area contributed by atoms with Crippen LogP contribution in [0.2, 0.25) is 0 Å². The number of ether oxygens (including phenoxy) is 2. The molecule has 2 saturated heterocycles. The van der Waals surface area contributed by atoms with Crippen LogP contribution in [0.5, 0.6) is 0 Å². The Bertz CT molecular complexity index is 737. The predicted octanol–water partition coefficient (Wildman–Crippen LogP) is 2.14. The molecule has 0 bridgehead atoms. The number of para-hydroxylation sites is 1. The molecule has 0 radical (unpaired) electrons. The highest BCUT2D eigenvalue weighted by Crippen LogP contribution is 2.33. The quantitative estimate of drug-likeness (QED) is 0.759. The smallest absolute Gasteiger partial charge is 0.246 e. The average molecular weight is 408 g/mol. The molecule has 2 fully saturated rings. The zero-order chi connectivity index (χ0) is 18.5. The summed E-state index contributed by atoms with van der Waals surface area (Å²) >= 11 is 3.58. The first-order valence-corrected chi connectivity index (χ1v) is 11.3. The summed E-state index contributed by atoms with van der Waals surface area (Å²) in [6.45, 7) is 4.59. The van der Waals surface area contributed by atoms with E-state index in [0.29, 0.717) is 13.2 Å². The standard InChI is InChI=1S/C19H25N3O3S2/c23-17(11-25-12-18-21-15-3-1-2-4-16(15)27-18)20-13-19(5-10-26-14-19)22-6-8-24-9-7-22/h1-4H,5-14H2,(H,20,23). The SMILES string of the molecule is O=C(COCc1nc2ccccc2s1)NCC1(N2CCOCC2)CCSC1. The fraction of sp³-hybridized carbons (Fsp3) is 0.579. The second kappa shape index (κ2) is 8.87. The summed E-state index contributed by atoms with van der Waals surface area (Å²) in [6.07, 6.45) is 1.12. The van der Waals surface area contributed by atoms with E-state index in [4.69, 9.17) is 9.47 Å². The van der Waals surface area contributed by atoms with Crippen LogP contribution in [0, 0.1) is 0 Å². The largest absolute Gasteiger partial charge is 0.379 e. The highest BCUT2D eigenvalue weighted by atomic mass is 32.2. The van der Waals surface area contributed by atoms with Crippen LogP contribution in [-0.2, 0) is 20.9 Å². The van der Waals surface area contributed by atoms with Crippen LogP contribution in [0.4, 0.5) is 0 Å². The van der Waals surface area contributed by atoms with Crippen molar-refractivity contribution < 1.29 is 14.3 Å². The number of thiazole rings is 1. The first kappa shape index (κ1) is 19.1. The van der Waals surface area contributed by atoms with Crippen molar-refractivity contribution in [2.24, 2.45) is 0 Å². The Morgan fingerprint density at radius 1 is 1.33 bits per heavy atom. The van der Waals surface area contributed by atoms with Crippen LogP contribution in [0.3, 0.4) is 0 Å². The van der Waals surface area contributed by atoms with Gasteiger partial charge in [-0.1, -0.05) is 12.1 Å². The molecule has 2 aliphatic rings. The van der Waals surface area contributed by atoms with Gasteiger partial charge in [0.05, 0.1) is 30.0 Å². The number of aromatic nitrogens is 1. The van der Waals surface area contributed by atoms with Gasteiger partial charge in [0.25, 0.3) is 0 Å². The summed E-state index contributed by atoms with van der Waals surface area (Å²) < 4.78 is 12.2. The predicted molar refractivity (Wildman–Crippen MR) is 109 cm³/mol. The maximum Gasteiger partial charge on any atom is 0.246 e. The maximum atomic E-state index is 12.3. The van der Waals surface area contributed by atoms with Crippen LogP contribution in [0.15, 0.2) is 24.3 Å². The van der Waals surface area contributed by atoms with Gasteiger partial charge >= 0.3 is 0 Å². The Morgan fingerprint density at radius 3 is 2.96 bits per heavy atom. The molecule has 1 atom stereocenters. The number of carbonyl (C=O) groups is 1. The molecule has 8 heteroatoms. The molecule has 1 N–H and O–H groups in total. The molecule has 2 aliphatic heterocycles. The highest BCUT2D eigenvalue weighted by molar-refractivity contribution is 7.99. The number of nitrogens with one attached hydrogen (secondary N) is 1. The number of carbonyl (C=O) groups excluding carboxylic acids is 1. The summed E-state index contributed by atoms with van der Waals surface area (Å²) in [7, 11) is 0. The number of amides is 1. The minimum absolute atomic E-state index is 0.0550. The van der Waals surface area contributed by atoms with Gasteiger partial charge in [-0.3, -0.25) is 9.69 Å². The fourth-order valence-electron chi connectivity index (χ4n) is 3.66. The minimum Gasteiger partial charge on any atom is -0.379 e. The van der Waals surface area contributed by atoms with Crippen molar-refractivity contribution >= 4 is 39.2 Å². The summed E-state index contributed by atoms with van der Waals surface area (Å²) in [5.74, 6) is 2.17. The van der Waals surface area contributed by atoms with Crippen molar-refractivity contribution in [3.63, 3.8) is 0 Å². The van der Waals surface area contributed by atoms with Gasteiger partial charge in [-0.05, 0) is 24.3 Å². The number of nitrogens with zero attached hydrogens (tertiary/aromatic N) is 2. The van der Waals surface area contributed by atoms with E-state index in [9.17, 15) is 4.79 Å². The third-order valence-corrected chi connectivity index (χ3v) is 7.42. The van der Waals surface area contributed by atoms with Gasteiger partial charge < -0.3 is 14.8 Å². The van der Waals surface area contributed by atoms with Gasteiger partial charge in [0.2, 0.25) is 5.91 Å². The number of hydrogen-bond acceptors (Lipinski definition) is 7. The van der Waals surface area contributed by atoms with Crippen LogP contribution in [0.25, 0.3) is 10.2 Å². The lowest BCUT2D eigenvalue weighted by Crippen LogP contribution is -2.59. The normalized spacial score (nSPS) is 23.7. The lowest BCUT2D eigenvalue weighted by molar-refractivity contribution is -0.126. The van der Waals surface area contributed by atoms with Crippen LogP contribution < -0.4 is 5.32 Å². The van der Waals surface area contributed by atoms with Gasteiger partial charge in [-0.2, -0.15) is 11.8 Å². The van der Waals surface area contributed by atoms with Crippen molar-refractivity contribution in [3.8, 4) is 0 Å². The Kier molecular flexibility index (Phi) is 6.29. The molecule has 0 spiro atoms. The Morgan fingerprint density at radius 2 is 2.19 bits per heavy atom. The second-order valence-electron chi connectivity index (χ2n) is 6.97. The molecule has 0 aliphatic carbocycles. The first-order chi connectivity index (χ1) is 13.3. The van der Waals surface area contributed by atoms with Gasteiger partial charge in [-0.25, -0.2) is 4.98 Å². The number of fused-ring (bicyclic) bond motifs is 1. The molecule has 1 aromatic carbocycles. The van der Waals surface area contributed by atoms with E-state index in [-0.39, 0.29) is 18.1 Å². The number of thioether (sulfide) groups is 1. The van der Waals surface area contributed by atoms with Crippen LogP contribution in [-0.4, -0.2) is 72.3 Å². The molecule has 1 unspecified atom stereocenters. The third kappa shape index (κ3) is 4.63. The summed E-state index contributed by atoms with van der Waals surface area (Å²) in [4.78, 5) is 19.3. The van der Waals surface area contributed by atoms with E-state index >= 15 is 0 Å². The van der Waals surface area contributed by atoms with Gasteiger partial charge in [-0.15, -0.1) is 11.3 Å². The summed E-state index contributed by atoms with van der Waals surface area (Å²) in [5, 5.41) is 4.00. The van der Waals surface area contributed by atoms with Gasteiger partial charge in [0.1, 0.15) is 11.6 Å². The molecule has 4 rings (SSSR count). The summed E-state index contributed by atoms with van der Waals surface area (Å²) in [6, 6.07) is 8.02. The Hall–Kier alpha value is -1.19.